The Balaban J connectivity index is 2.42. The molecule has 0 aliphatic heterocycles. The minimum absolute atomic E-state index is 0.00355. The summed E-state index contributed by atoms with van der Waals surface area (Å²) >= 11 is 0. The van der Waals surface area contributed by atoms with Crippen molar-refractivity contribution in [3.05, 3.63) is 41.5 Å². The van der Waals surface area contributed by atoms with Crippen LogP contribution in [0.15, 0.2) is 24.3 Å². The van der Waals surface area contributed by atoms with Crippen LogP contribution < -0.4 is 0 Å². The van der Waals surface area contributed by atoms with Gasteiger partial charge in [-0.1, -0.05) is 0 Å². The lowest BCUT2D eigenvalue weighted by atomic mass is 10.0. The zero-order valence-corrected chi connectivity index (χ0v) is 8.80. The fourth-order valence-corrected chi connectivity index (χ4v) is 1.91. The molecular weight excluding hydrogens is 210 g/mol. The Morgan fingerprint density at radius 2 is 1.81 bits per heavy atom. The second kappa shape index (κ2) is 4.56. The molecule has 0 atom stereocenters. The highest BCUT2D eigenvalue weighted by molar-refractivity contribution is 5.97. The van der Waals surface area contributed by atoms with Crippen LogP contribution in [0.4, 0.5) is 8.78 Å². The summed E-state index contributed by atoms with van der Waals surface area (Å²) in [5.74, 6) is -0.951. The van der Waals surface area contributed by atoms with Gasteiger partial charge in [0, 0.05) is 12.0 Å². The predicted octanol–water partition coefficient (Wildman–Crippen LogP) is 3.49. The van der Waals surface area contributed by atoms with Gasteiger partial charge in [0.1, 0.15) is 11.6 Å². The van der Waals surface area contributed by atoms with E-state index in [-0.39, 0.29) is 11.3 Å². The van der Waals surface area contributed by atoms with Crippen LogP contribution in [0.2, 0.25) is 0 Å². The predicted molar refractivity (Wildman–Crippen MR) is 57.8 cm³/mol. The first-order chi connectivity index (χ1) is 7.66. The van der Waals surface area contributed by atoms with Gasteiger partial charge < -0.3 is 0 Å². The maximum atomic E-state index is 13.5. The van der Waals surface area contributed by atoms with Gasteiger partial charge in [0.15, 0.2) is 5.78 Å². The highest BCUT2D eigenvalue weighted by Crippen LogP contribution is 2.27. The summed E-state index contributed by atoms with van der Waals surface area (Å²) in [6.07, 6.45) is 4.24. The van der Waals surface area contributed by atoms with Gasteiger partial charge >= 0.3 is 0 Å². The molecule has 1 aliphatic carbocycles. The number of hydrogen-bond donors (Lipinski definition) is 0. The fourth-order valence-electron chi connectivity index (χ4n) is 1.91. The van der Waals surface area contributed by atoms with Crippen LogP contribution in [-0.4, -0.2) is 5.78 Å². The van der Waals surface area contributed by atoms with Crippen molar-refractivity contribution in [2.24, 2.45) is 0 Å². The normalized spacial score (nSPS) is 16.9. The van der Waals surface area contributed by atoms with Crippen molar-refractivity contribution in [2.75, 3.05) is 0 Å². The minimum Gasteiger partial charge on any atom is -0.295 e. The van der Waals surface area contributed by atoms with Crippen LogP contribution in [0.3, 0.4) is 0 Å². The van der Waals surface area contributed by atoms with E-state index in [2.05, 4.69) is 0 Å². The Labute approximate surface area is 92.8 Å². The van der Waals surface area contributed by atoms with E-state index in [4.69, 9.17) is 0 Å². The third-order valence-electron chi connectivity index (χ3n) is 2.73. The molecule has 0 N–H and O–H groups in total. The molecule has 1 aromatic rings. The average molecular weight is 222 g/mol. The van der Waals surface area contributed by atoms with Crippen molar-refractivity contribution in [3.8, 4) is 0 Å². The molecule has 0 aromatic heterocycles. The third-order valence-corrected chi connectivity index (χ3v) is 2.73. The second-order valence-corrected chi connectivity index (χ2v) is 3.97. The molecule has 0 spiro atoms. The lowest BCUT2D eigenvalue weighted by Crippen LogP contribution is -1.94. The molecule has 0 heterocycles. The summed E-state index contributed by atoms with van der Waals surface area (Å²) in [6, 6.07) is 3.33. The number of allylic oxidation sites excluding steroid dienone is 2. The van der Waals surface area contributed by atoms with E-state index in [9.17, 15) is 13.6 Å². The first-order valence-corrected chi connectivity index (χ1v) is 5.35. The molecular formula is C13H12F2O. The standard InChI is InChI=1S/C13H12F2O/c14-10-5-6-13(15)12(8-10)9-3-1-2-4-11(16)7-9/h5-8H,1-4H2. The number of hydrogen-bond acceptors (Lipinski definition) is 1. The van der Waals surface area contributed by atoms with Crippen molar-refractivity contribution < 1.29 is 13.6 Å². The van der Waals surface area contributed by atoms with E-state index >= 15 is 0 Å². The topological polar surface area (TPSA) is 17.1 Å². The second-order valence-electron chi connectivity index (χ2n) is 3.97. The molecule has 2 rings (SSSR count). The smallest absolute Gasteiger partial charge is 0.155 e. The Morgan fingerprint density at radius 3 is 2.62 bits per heavy atom. The van der Waals surface area contributed by atoms with Crippen molar-refractivity contribution in [2.45, 2.75) is 25.7 Å². The molecule has 0 radical (unpaired) electrons. The van der Waals surface area contributed by atoms with E-state index in [1.807, 2.05) is 0 Å². The van der Waals surface area contributed by atoms with Gasteiger partial charge in [-0.2, -0.15) is 0 Å². The van der Waals surface area contributed by atoms with Gasteiger partial charge in [-0.15, -0.1) is 0 Å². The number of rotatable bonds is 1. The highest BCUT2D eigenvalue weighted by atomic mass is 19.1. The Bertz CT molecular complexity index is 449. The quantitative estimate of drug-likeness (QED) is 0.710. The van der Waals surface area contributed by atoms with E-state index in [0.29, 0.717) is 18.4 Å². The van der Waals surface area contributed by atoms with Gasteiger partial charge in [-0.05, 0) is 49.1 Å². The van der Waals surface area contributed by atoms with Crippen LogP contribution in [0.25, 0.3) is 5.57 Å². The fraction of sp³-hybridized carbons (Fsp3) is 0.308. The Morgan fingerprint density at radius 1 is 1.06 bits per heavy atom. The largest absolute Gasteiger partial charge is 0.295 e. The molecule has 0 saturated carbocycles. The van der Waals surface area contributed by atoms with Crippen LogP contribution in [0.1, 0.15) is 31.2 Å². The van der Waals surface area contributed by atoms with Crippen molar-refractivity contribution in [3.63, 3.8) is 0 Å². The van der Waals surface area contributed by atoms with E-state index in [0.717, 1.165) is 31.0 Å². The van der Waals surface area contributed by atoms with Crippen LogP contribution in [0, 0.1) is 11.6 Å². The maximum Gasteiger partial charge on any atom is 0.155 e. The van der Waals surface area contributed by atoms with E-state index < -0.39 is 11.6 Å². The number of ketones is 1. The SMILES string of the molecule is O=C1C=C(c2cc(F)ccc2F)CCCC1. The van der Waals surface area contributed by atoms with Crippen molar-refractivity contribution in [1.82, 2.24) is 0 Å². The number of carbonyl (C=O) groups is 1. The van der Waals surface area contributed by atoms with E-state index in [1.54, 1.807) is 0 Å². The monoisotopic (exact) mass is 222 g/mol. The summed E-state index contributed by atoms with van der Waals surface area (Å²) < 4.78 is 26.5. The highest BCUT2D eigenvalue weighted by Gasteiger charge is 2.13. The maximum absolute atomic E-state index is 13.5. The molecule has 16 heavy (non-hydrogen) atoms. The summed E-state index contributed by atoms with van der Waals surface area (Å²) in [6.45, 7) is 0. The van der Waals surface area contributed by atoms with Gasteiger partial charge in [0.05, 0.1) is 0 Å². The molecule has 0 fully saturated rings. The molecule has 3 heteroatoms. The molecule has 1 aliphatic rings. The van der Waals surface area contributed by atoms with Gasteiger partial charge in [-0.25, -0.2) is 8.78 Å². The Hall–Kier alpha value is -1.51. The van der Waals surface area contributed by atoms with Crippen molar-refractivity contribution >= 4 is 11.4 Å². The van der Waals surface area contributed by atoms with Crippen LogP contribution in [-0.2, 0) is 4.79 Å². The Kier molecular flexibility index (Phi) is 3.13. The molecule has 0 amide bonds. The van der Waals surface area contributed by atoms with Gasteiger partial charge in [0.25, 0.3) is 0 Å². The summed E-state index contributed by atoms with van der Waals surface area (Å²) in [5, 5.41) is 0. The lowest BCUT2D eigenvalue weighted by molar-refractivity contribution is -0.114. The number of halogens is 2. The lowest BCUT2D eigenvalue weighted by Gasteiger charge is -2.06. The number of benzene rings is 1. The zero-order valence-electron chi connectivity index (χ0n) is 8.80. The molecule has 0 unspecified atom stereocenters. The van der Waals surface area contributed by atoms with Crippen molar-refractivity contribution in [1.29, 1.82) is 0 Å². The average Bonchev–Trinajstić information content (AvgIpc) is 2.46. The van der Waals surface area contributed by atoms with Crippen LogP contribution in [0.5, 0.6) is 0 Å². The van der Waals surface area contributed by atoms with Gasteiger partial charge in [-0.3, -0.25) is 4.79 Å². The van der Waals surface area contributed by atoms with Gasteiger partial charge in [0.2, 0.25) is 0 Å². The minimum atomic E-state index is -0.478. The molecule has 0 saturated heterocycles. The molecule has 0 bridgehead atoms. The molecule has 84 valence electrons. The van der Waals surface area contributed by atoms with Crippen LogP contribution >= 0.6 is 0 Å². The number of carbonyl (C=O) groups excluding carboxylic acids is 1. The first-order valence-electron chi connectivity index (χ1n) is 5.35. The molecule has 1 nitrogen and oxygen atoms in total. The zero-order chi connectivity index (χ0) is 11.5. The first kappa shape index (κ1) is 11.0. The summed E-state index contributed by atoms with van der Waals surface area (Å²) in [5.41, 5.74) is 0.828. The summed E-state index contributed by atoms with van der Waals surface area (Å²) in [4.78, 5) is 11.4. The third kappa shape index (κ3) is 2.35. The molecule has 1 aromatic carbocycles. The van der Waals surface area contributed by atoms with E-state index in [1.165, 1.54) is 6.08 Å². The summed E-state index contributed by atoms with van der Waals surface area (Å²) in [7, 11) is 0.